The normalized spacial score (nSPS) is 16.6. The molecule has 1 aliphatic rings. The third kappa shape index (κ3) is 3.81. The molecule has 1 aliphatic heterocycles. The van der Waals surface area contributed by atoms with Crippen LogP contribution >= 0.6 is 0 Å². The summed E-state index contributed by atoms with van der Waals surface area (Å²) in [6.45, 7) is 7.24. The van der Waals surface area contributed by atoms with Gasteiger partial charge in [0.2, 0.25) is 5.91 Å². The molecule has 0 radical (unpaired) electrons. The Hall–Kier alpha value is -1.39. The molecule has 0 saturated carbocycles. The van der Waals surface area contributed by atoms with Crippen LogP contribution in [0.1, 0.15) is 70.6 Å². The van der Waals surface area contributed by atoms with Gasteiger partial charge < -0.3 is 9.88 Å². The van der Waals surface area contributed by atoms with E-state index in [4.69, 9.17) is 0 Å². The average molecular weight is 278 g/mol. The summed E-state index contributed by atoms with van der Waals surface area (Å²) in [5.74, 6) is 2.64. The van der Waals surface area contributed by atoms with Crippen LogP contribution in [0.25, 0.3) is 0 Å². The number of carbonyl (C=O) groups is 1. The number of carbonyl (C=O) groups excluding carboxylic acids is 1. The Kier molecular flexibility index (Phi) is 5.15. The molecule has 2 rings (SSSR count). The highest BCUT2D eigenvalue weighted by Crippen LogP contribution is 2.18. The summed E-state index contributed by atoms with van der Waals surface area (Å²) in [5, 5.41) is 11.6. The number of rotatable bonds is 5. The number of hydrogen-bond acceptors (Lipinski definition) is 3. The van der Waals surface area contributed by atoms with E-state index in [0.29, 0.717) is 12.3 Å². The van der Waals surface area contributed by atoms with E-state index in [-0.39, 0.29) is 11.9 Å². The fourth-order valence-electron chi connectivity index (χ4n) is 2.63. The van der Waals surface area contributed by atoms with Gasteiger partial charge in [0.05, 0.1) is 6.04 Å². The van der Waals surface area contributed by atoms with Crippen molar-refractivity contribution >= 4 is 5.91 Å². The average Bonchev–Trinajstić information content (AvgIpc) is 2.66. The number of fused-ring (bicyclic) bond motifs is 1. The highest BCUT2D eigenvalue weighted by molar-refractivity contribution is 5.76. The molecule has 1 N–H and O–H groups in total. The van der Waals surface area contributed by atoms with Crippen molar-refractivity contribution in [3.8, 4) is 0 Å². The number of hydrogen-bond donors (Lipinski definition) is 1. The first-order valence-corrected chi connectivity index (χ1v) is 7.79. The summed E-state index contributed by atoms with van der Waals surface area (Å²) in [6.07, 6.45) is 6.12. The van der Waals surface area contributed by atoms with Gasteiger partial charge in [0, 0.05) is 19.4 Å². The van der Waals surface area contributed by atoms with Gasteiger partial charge >= 0.3 is 0 Å². The quantitative estimate of drug-likeness (QED) is 0.900. The number of nitrogens with one attached hydrogen (secondary N) is 1. The predicted octanol–water partition coefficient (Wildman–Crippen LogP) is 2.62. The van der Waals surface area contributed by atoms with Gasteiger partial charge in [0.15, 0.2) is 5.82 Å². The minimum absolute atomic E-state index is 0.0611. The van der Waals surface area contributed by atoms with Crippen molar-refractivity contribution in [1.82, 2.24) is 20.1 Å². The molecule has 0 unspecified atom stereocenters. The molecule has 0 aromatic carbocycles. The van der Waals surface area contributed by atoms with Crippen molar-refractivity contribution in [2.45, 2.75) is 71.9 Å². The van der Waals surface area contributed by atoms with Crippen LogP contribution < -0.4 is 5.32 Å². The summed E-state index contributed by atoms with van der Waals surface area (Å²) in [5.41, 5.74) is 0. The summed E-state index contributed by atoms with van der Waals surface area (Å²) < 4.78 is 2.19. The van der Waals surface area contributed by atoms with Gasteiger partial charge in [-0.05, 0) is 32.1 Å². The lowest BCUT2D eigenvalue weighted by Gasteiger charge is -2.15. The second kappa shape index (κ2) is 6.86. The van der Waals surface area contributed by atoms with E-state index in [9.17, 15) is 4.79 Å². The van der Waals surface area contributed by atoms with Crippen molar-refractivity contribution in [2.75, 3.05) is 0 Å². The summed E-state index contributed by atoms with van der Waals surface area (Å²) >= 11 is 0. The Bertz CT molecular complexity index is 453. The molecule has 20 heavy (non-hydrogen) atoms. The van der Waals surface area contributed by atoms with Crippen LogP contribution in [0.5, 0.6) is 0 Å². The topological polar surface area (TPSA) is 59.8 Å². The second-order valence-corrected chi connectivity index (χ2v) is 6.16. The Morgan fingerprint density at radius 1 is 1.25 bits per heavy atom. The SMILES string of the molecule is CC(C)CCC(=O)N[C@@H](C)c1nnc2n1CCCCC2. The van der Waals surface area contributed by atoms with E-state index in [1.54, 1.807) is 0 Å². The third-order valence-electron chi connectivity index (χ3n) is 3.85. The van der Waals surface area contributed by atoms with Gasteiger partial charge in [0.1, 0.15) is 5.82 Å². The van der Waals surface area contributed by atoms with Crippen LogP contribution in [0.4, 0.5) is 0 Å². The molecule has 0 fully saturated rings. The van der Waals surface area contributed by atoms with E-state index in [1.807, 2.05) is 6.92 Å². The van der Waals surface area contributed by atoms with Crippen molar-refractivity contribution in [3.05, 3.63) is 11.6 Å². The Morgan fingerprint density at radius 2 is 2.05 bits per heavy atom. The molecular formula is C15H26N4O. The molecule has 5 heteroatoms. The summed E-state index contributed by atoms with van der Waals surface area (Å²) in [6, 6.07) is -0.0611. The fourth-order valence-corrected chi connectivity index (χ4v) is 2.63. The van der Waals surface area contributed by atoms with Gasteiger partial charge in [-0.2, -0.15) is 0 Å². The highest BCUT2D eigenvalue weighted by atomic mass is 16.1. The first-order chi connectivity index (χ1) is 9.58. The molecule has 112 valence electrons. The number of nitrogens with zero attached hydrogens (tertiary/aromatic N) is 3. The van der Waals surface area contributed by atoms with Crippen molar-refractivity contribution in [1.29, 1.82) is 0 Å². The maximum atomic E-state index is 11.9. The van der Waals surface area contributed by atoms with E-state index < -0.39 is 0 Å². The van der Waals surface area contributed by atoms with Crippen LogP contribution in [0.3, 0.4) is 0 Å². The molecule has 1 atom stereocenters. The Morgan fingerprint density at radius 3 is 2.80 bits per heavy atom. The fraction of sp³-hybridized carbons (Fsp3) is 0.800. The second-order valence-electron chi connectivity index (χ2n) is 6.16. The largest absolute Gasteiger partial charge is 0.346 e. The molecule has 0 saturated heterocycles. The van der Waals surface area contributed by atoms with Gasteiger partial charge in [-0.15, -0.1) is 10.2 Å². The van der Waals surface area contributed by atoms with E-state index in [1.165, 1.54) is 19.3 Å². The smallest absolute Gasteiger partial charge is 0.220 e. The molecule has 1 aromatic rings. The zero-order valence-corrected chi connectivity index (χ0v) is 12.9. The molecule has 0 bridgehead atoms. The lowest BCUT2D eigenvalue weighted by Crippen LogP contribution is -2.29. The van der Waals surface area contributed by atoms with Crippen LogP contribution in [0.2, 0.25) is 0 Å². The van der Waals surface area contributed by atoms with Crippen LogP contribution in [-0.4, -0.2) is 20.7 Å². The van der Waals surface area contributed by atoms with Crippen molar-refractivity contribution in [3.63, 3.8) is 0 Å². The van der Waals surface area contributed by atoms with E-state index in [2.05, 4.69) is 33.9 Å². The van der Waals surface area contributed by atoms with E-state index in [0.717, 1.165) is 31.0 Å². The zero-order chi connectivity index (χ0) is 14.5. The first-order valence-electron chi connectivity index (χ1n) is 7.79. The molecule has 0 spiro atoms. The van der Waals surface area contributed by atoms with Crippen molar-refractivity contribution < 1.29 is 4.79 Å². The van der Waals surface area contributed by atoms with Crippen LogP contribution in [0.15, 0.2) is 0 Å². The van der Waals surface area contributed by atoms with Gasteiger partial charge in [-0.3, -0.25) is 4.79 Å². The van der Waals surface area contributed by atoms with Crippen LogP contribution in [-0.2, 0) is 17.8 Å². The number of amides is 1. The molecule has 2 heterocycles. The van der Waals surface area contributed by atoms with Crippen LogP contribution in [0, 0.1) is 5.92 Å². The monoisotopic (exact) mass is 278 g/mol. The van der Waals surface area contributed by atoms with Gasteiger partial charge in [0.25, 0.3) is 0 Å². The van der Waals surface area contributed by atoms with E-state index >= 15 is 0 Å². The first kappa shape index (κ1) is 15.0. The molecule has 1 amide bonds. The minimum Gasteiger partial charge on any atom is -0.346 e. The van der Waals surface area contributed by atoms with Gasteiger partial charge in [-0.25, -0.2) is 0 Å². The minimum atomic E-state index is -0.0611. The lowest BCUT2D eigenvalue weighted by molar-refractivity contribution is -0.122. The molecule has 1 aromatic heterocycles. The lowest BCUT2D eigenvalue weighted by atomic mass is 10.1. The number of aryl methyl sites for hydroxylation is 1. The standard InChI is InChI=1S/C15H26N4O/c1-11(2)8-9-14(20)16-12(3)15-18-17-13-7-5-4-6-10-19(13)15/h11-12H,4-10H2,1-3H3,(H,16,20)/t12-/m0/s1. The molecule has 5 nitrogen and oxygen atoms in total. The number of aromatic nitrogens is 3. The van der Waals surface area contributed by atoms with Gasteiger partial charge in [-0.1, -0.05) is 20.3 Å². The zero-order valence-electron chi connectivity index (χ0n) is 12.9. The maximum absolute atomic E-state index is 11.9. The highest BCUT2D eigenvalue weighted by Gasteiger charge is 2.20. The molecule has 0 aliphatic carbocycles. The predicted molar refractivity (Wildman–Crippen MR) is 78.2 cm³/mol. The Balaban J connectivity index is 1.97. The molecular weight excluding hydrogens is 252 g/mol. The van der Waals surface area contributed by atoms with Crippen molar-refractivity contribution in [2.24, 2.45) is 5.92 Å². The Labute approximate surface area is 121 Å². The maximum Gasteiger partial charge on any atom is 0.220 e. The summed E-state index contributed by atoms with van der Waals surface area (Å²) in [7, 11) is 0. The third-order valence-corrected chi connectivity index (χ3v) is 3.85. The summed E-state index contributed by atoms with van der Waals surface area (Å²) in [4.78, 5) is 11.9.